The molecule has 1 aliphatic carbocycles. The molecule has 0 amide bonds. The highest BCUT2D eigenvalue weighted by molar-refractivity contribution is 7.89. The van der Waals surface area contributed by atoms with Crippen molar-refractivity contribution >= 4 is 28.0 Å². The number of fused-ring (bicyclic) bond motifs is 1. The highest BCUT2D eigenvalue weighted by atomic mass is 32.2. The molecule has 2 aliphatic rings. The molecule has 0 radical (unpaired) electrons. The van der Waals surface area contributed by atoms with E-state index in [1.165, 1.54) is 16.4 Å². The first-order chi connectivity index (χ1) is 11.8. The van der Waals surface area contributed by atoms with E-state index in [-0.39, 0.29) is 17.4 Å². The minimum Gasteiger partial charge on any atom is -0.481 e. The predicted octanol–water partition coefficient (Wildman–Crippen LogP) is 2.25. The van der Waals surface area contributed by atoms with Crippen molar-refractivity contribution in [1.82, 2.24) is 4.31 Å². The molecule has 1 atom stereocenters. The van der Waals surface area contributed by atoms with Gasteiger partial charge in [-0.05, 0) is 36.1 Å². The van der Waals surface area contributed by atoms with Crippen molar-refractivity contribution in [1.29, 1.82) is 0 Å². The predicted molar refractivity (Wildman–Crippen MR) is 89.4 cm³/mol. The molecule has 134 valence electrons. The quantitative estimate of drug-likeness (QED) is 0.774. The van der Waals surface area contributed by atoms with Gasteiger partial charge in [0, 0.05) is 12.1 Å². The second-order valence-corrected chi connectivity index (χ2v) is 8.17. The van der Waals surface area contributed by atoms with E-state index in [1.807, 2.05) is 0 Å². The number of hydrogen-bond acceptors (Lipinski definition) is 4. The minimum absolute atomic E-state index is 0.0817. The van der Waals surface area contributed by atoms with Gasteiger partial charge in [-0.1, -0.05) is 25.0 Å². The van der Waals surface area contributed by atoms with Crippen LogP contribution in [0.5, 0.6) is 0 Å². The Morgan fingerprint density at radius 2 is 1.88 bits per heavy atom. The minimum atomic E-state index is -3.80. The molecule has 2 N–H and O–H groups in total. The summed E-state index contributed by atoms with van der Waals surface area (Å²) in [5.74, 6) is -2.18. The van der Waals surface area contributed by atoms with E-state index < -0.39 is 28.0 Å². The highest BCUT2D eigenvalue weighted by Crippen LogP contribution is 2.46. The molecular formula is C17H19NO6S. The summed E-state index contributed by atoms with van der Waals surface area (Å²) in [5.41, 5.74) is 0.925. The van der Waals surface area contributed by atoms with E-state index in [2.05, 4.69) is 0 Å². The molecule has 0 bridgehead atoms. The maximum absolute atomic E-state index is 13.0. The first kappa shape index (κ1) is 17.6. The summed E-state index contributed by atoms with van der Waals surface area (Å²) in [5, 5.41) is 18.0. The number of aliphatic carboxylic acids is 2. The highest BCUT2D eigenvalue weighted by Gasteiger charge is 2.47. The van der Waals surface area contributed by atoms with Gasteiger partial charge in [-0.2, -0.15) is 4.31 Å². The topological polar surface area (TPSA) is 112 Å². The van der Waals surface area contributed by atoms with Crippen molar-refractivity contribution < 1.29 is 28.2 Å². The van der Waals surface area contributed by atoms with Gasteiger partial charge in [-0.15, -0.1) is 0 Å². The van der Waals surface area contributed by atoms with Crippen LogP contribution >= 0.6 is 0 Å². The fourth-order valence-electron chi connectivity index (χ4n) is 3.71. The maximum Gasteiger partial charge on any atom is 0.328 e. The Bertz CT molecular complexity index is 839. The van der Waals surface area contributed by atoms with Crippen molar-refractivity contribution in [2.24, 2.45) is 0 Å². The molecule has 1 aromatic carbocycles. The zero-order valence-corrected chi connectivity index (χ0v) is 14.3. The van der Waals surface area contributed by atoms with E-state index in [9.17, 15) is 23.1 Å². The van der Waals surface area contributed by atoms with Crippen LogP contribution in [0.4, 0.5) is 0 Å². The van der Waals surface area contributed by atoms with Gasteiger partial charge < -0.3 is 10.2 Å². The molecule has 1 saturated carbocycles. The maximum atomic E-state index is 13.0. The molecule has 1 fully saturated rings. The largest absolute Gasteiger partial charge is 0.481 e. The number of benzene rings is 1. The third kappa shape index (κ3) is 3.32. The monoisotopic (exact) mass is 365 g/mol. The van der Waals surface area contributed by atoms with Crippen LogP contribution in [0, 0.1) is 0 Å². The molecule has 8 heteroatoms. The van der Waals surface area contributed by atoms with E-state index in [1.54, 1.807) is 12.1 Å². The zero-order valence-electron chi connectivity index (χ0n) is 13.5. The van der Waals surface area contributed by atoms with Crippen LogP contribution in [-0.2, 0) is 19.6 Å². The van der Waals surface area contributed by atoms with Gasteiger partial charge in [0.2, 0.25) is 10.0 Å². The van der Waals surface area contributed by atoms with Gasteiger partial charge in [0.15, 0.2) is 0 Å². The first-order valence-electron chi connectivity index (χ1n) is 8.11. The summed E-state index contributed by atoms with van der Waals surface area (Å²) in [4.78, 5) is 22.0. The van der Waals surface area contributed by atoms with Crippen LogP contribution in [0.3, 0.4) is 0 Å². The van der Waals surface area contributed by atoms with E-state index in [4.69, 9.17) is 5.11 Å². The molecular weight excluding hydrogens is 346 g/mol. The van der Waals surface area contributed by atoms with Crippen LogP contribution in [0.2, 0.25) is 0 Å². The average Bonchev–Trinajstić information content (AvgIpc) is 3.11. The lowest BCUT2D eigenvalue weighted by Gasteiger charge is -2.28. The van der Waals surface area contributed by atoms with Crippen molar-refractivity contribution in [2.75, 3.05) is 0 Å². The summed E-state index contributed by atoms with van der Waals surface area (Å²) in [6, 6.07) is 3.74. The van der Waals surface area contributed by atoms with Crippen LogP contribution in [0.15, 0.2) is 29.2 Å². The molecule has 0 unspecified atom stereocenters. The molecule has 0 spiro atoms. The van der Waals surface area contributed by atoms with Gasteiger partial charge in [0.1, 0.15) is 0 Å². The molecule has 7 nitrogen and oxygen atoms in total. The van der Waals surface area contributed by atoms with Crippen molar-refractivity contribution in [3.63, 3.8) is 0 Å². The van der Waals surface area contributed by atoms with Gasteiger partial charge in [-0.25, -0.2) is 13.2 Å². The second-order valence-electron chi connectivity index (χ2n) is 6.36. The van der Waals surface area contributed by atoms with Crippen LogP contribution in [0.1, 0.15) is 49.3 Å². The molecule has 1 heterocycles. The lowest BCUT2D eigenvalue weighted by molar-refractivity contribution is -0.138. The van der Waals surface area contributed by atoms with E-state index in [0.29, 0.717) is 11.1 Å². The van der Waals surface area contributed by atoms with Gasteiger partial charge in [0.05, 0.1) is 17.4 Å². The smallest absolute Gasteiger partial charge is 0.328 e. The fraction of sp³-hybridized carbons (Fsp3) is 0.412. The molecule has 1 aromatic rings. The SMILES string of the molecule is O=C(O)/C=C/c1ccc2c(c1)S(=O)(=O)N(C1CCCC1)[C@H]2CC(=O)O. The number of carboxylic acid groups (broad SMARTS) is 2. The molecule has 3 rings (SSSR count). The summed E-state index contributed by atoms with van der Waals surface area (Å²) in [6.07, 6.45) is 5.30. The summed E-state index contributed by atoms with van der Waals surface area (Å²) >= 11 is 0. The Hall–Kier alpha value is -2.19. The lowest BCUT2D eigenvalue weighted by Crippen LogP contribution is -2.37. The fourth-order valence-corrected chi connectivity index (χ4v) is 5.85. The molecule has 25 heavy (non-hydrogen) atoms. The Morgan fingerprint density at radius 3 is 2.48 bits per heavy atom. The van der Waals surface area contributed by atoms with Gasteiger partial charge in [-0.3, -0.25) is 4.79 Å². The normalized spacial score (nSPS) is 23.1. The first-order valence-corrected chi connectivity index (χ1v) is 9.55. The molecule has 0 saturated heterocycles. The standard InChI is InChI=1S/C17H19NO6S/c19-16(20)8-6-11-5-7-13-14(10-17(21)22)18(12-3-1-2-4-12)25(23,24)15(13)9-11/h5-9,12,14H,1-4,10H2,(H,19,20)(H,21,22)/b8-6+/t14-/m0/s1. The Balaban J connectivity index is 2.07. The van der Waals surface area contributed by atoms with Crippen LogP contribution < -0.4 is 0 Å². The Morgan fingerprint density at radius 1 is 1.20 bits per heavy atom. The number of carboxylic acids is 2. The van der Waals surface area contributed by atoms with E-state index in [0.717, 1.165) is 31.8 Å². The summed E-state index contributed by atoms with van der Waals surface area (Å²) in [7, 11) is -3.80. The lowest BCUT2D eigenvalue weighted by atomic mass is 10.0. The third-order valence-corrected chi connectivity index (χ3v) is 6.75. The number of nitrogens with zero attached hydrogens (tertiary/aromatic N) is 1. The number of hydrogen-bond donors (Lipinski definition) is 2. The molecule has 1 aliphatic heterocycles. The Kier molecular flexibility index (Phi) is 4.66. The van der Waals surface area contributed by atoms with E-state index >= 15 is 0 Å². The average molecular weight is 365 g/mol. The Labute approximate surface area is 145 Å². The van der Waals surface area contributed by atoms with Gasteiger partial charge >= 0.3 is 11.9 Å². The number of carbonyl (C=O) groups is 2. The van der Waals surface area contributed by atoms with Crippen LogP contribution in [-0.4, -0.2) is 40.9 Å². The molecule has 0 aromatic heterocycles. The second kappa shape index (κ2) is 6.61. The van der Waals surface area contributed by atoms with Crippen molar-refractivity contribution in [3.8, 4) is 0 Å². The van der Waals surface area contributed by atoms with Gasteiger partial charge in [0.25, 0.3) is 0 Å². The summed E-state index contributed by atoms with van der Waals surface area (Å²) in [6.45, 7) is 0. The third-order valence-electron chi connectivity index (χ3n) is 4.73. The zero-order chi connectivity index (χ0) is 18.2. The van der Waals surface area contributed by atoms with Crippen LogP contribution in [0.25, 0.3) is 6.08 Å². The number of rotatable bonds is 5. The van der Waals surface area contributed by atoms with Crippen molar-refractivity contribution in [3.05, 3.63) is 35.4 Å². The summed E-state index contributed by atoms with van der Waals surface area (Å²) < 4.78 is 27.5. The number of sulfonamides is 1. The van der Waals surface area contributed by atoms with Crippen molar-refractivity contribution in [2.45, 2.75) is 49.1 Å².